The molecule has 0 unspecified atom stereocenters. The van der Waals surface area contributed by atoms with Crippen LogP contribution in [-0.2, 0) is 10.2 Å². The molecule has 5 nitrogen and oxygen atoms in total. The van der Waals surface area contributed by atoms with Gasteiger partial charge in [0.15, 0.2) is 11.5 Å². The van der Waals surface area contributed by atoms with Crippen LogP contribution < -0.4 is 5.32 Å². The molecule has 4 rings (SSSR count). The fourth-order valence-electron chi connectivity index (χ4n) is 3.66. The van der Waals surface area contributed by atoms with Crippen LogP contribution in [0, 0.1) is 5.82 Å². The molecule has 1 aliphatic heterocycles. The zero-order valence-electron chi connectivity index (χ0n) is 15.7. The minimum atomic E-state index is -0.425. The molecular weight excluding hydrogens is 439 g/mol. The Kier molecular flexibility index (Phi) is 5.78. The van der Waals surface area contributed by atoms with Crippen molar-refractivity contribution in [2.75, 3.05) is 19.8 Å². The van der Waals surface area contributed by atoms with Gasteiger partial charge in [0.25, 0.3) is 5.91 Å². The highest BCUT2D eigenvalue weighted by Gasteiger charge is 2.35. The monoisotopic (exact) mass is 458 g/mol. The zero-order chi connectivity index (χ0) is 20.3. The first-order chi connectivity index (χ1) is 14.1. The van der Waals surface area contributed by atoms with Crippen LogP contribution in [0.1, 0.15) is 28.9 Å². The van der Waals surface area contributed by atoms with Gasteiger partial charge in [-0.15, -0.1) is 0 Å². The van der Waals surface area contributed by atoms with E-state index in [-0.39, 0.29) is 28.3 Å². The molecule has 0 atom stereocenters. The van der Waals surface area contributed by atoms with Crippen LogP contribution in [0.15, 0.2) is 63.6 Å². The molecule has 0 bridgehead atoms. The minimum Gasteiger partial charge on any atom is -0.381 e. The maximum Gasteiger partial charge on any atom is 0.273 e. The quantitative estimate of drug-likeness (QED) is 0.600. The molecule has 1 aromatic heterocycles. The van der Waals surface area contributed by atoms with E-state index in [1.54, 1.807) is 18.2 Å². The number of carbonyl (C=O) groups excluding carboxylic acids is 1. The summed E-state index contributed by atoms with van der Waals surface area (Å²) in [5, 5.41) is 6.80. The Morgan fingerprint density at radius 1 is 1.14 bits per heavy atom. The predicted molar refractivity (Wildman–Crippen MR) is 110 cm³/mol. The van der Waals surface area contributed by atoms with E-state index in [2.05, 4.69) is 38.5 Å². The van der Waals surface area contributed by atoms with Gasteiger partial charge >= 0.3 is 0 Å². The predicted octanol–water partition coefficient (Wildman–Crippen LogP) is 4.72. The van der Waals surface area contributed by atoms with Crippen LogP contribution in [-0.4, -0.2) is 30.8 Å². The Morgan fingerprint density at radius 3 is 2.69 bits per heavy atom. The van der Waals surface area contributed by atoms with E-state index in [0.29, 0.717) is 19.8 Å². The molecule has 1 aliphatic rings. The SMILES string of the molecule is O=C(NCC1(c2cccc(Br)c2)CCOCC1)c1cc(-c2ccccc2F)on1. The third-order valence-electron chi connectivity index (χ3n) is 5.36. The Bertz CT molecular complexity index is 1010. The molecule has 2 heterocycles. The summed E-state index contributed by atoms with van der Waals surface area (Å²) < 4.78 is 25.7. The van der Waals surface area contributed by atoms with Gasteiger partial charge in [0.2, 0.25) is 0 Å². The maximum absolute atomic E-state index is 13.9. The van der Waals surface area contributed by atoms with E-state index in [0.717, 1.165) is 22.9 Å². The Balaban J connectivity index is 1.51. The number of rotatable bonds is 5. The fraction of sp³-hybridized carbons (Fsp3) is 0.273. The number of nitrogens with zero attached hydrogens (tertiary/aromatic N) is 1. The highest BCUT2D eigenvalue weighted by Crippen LogP contribution is 2.35. The third-order valence-corrected chi connectivity index (χ3v) is 5.85. The lowest BCUT2D eigenvalue weighted by Crippen LogP contribution is -2.44. The average molecular weight is 459 g/mol. The largest absolute Gasteiger partial charge is 0.381 e. The molecule has 1 fully saturated rings. The van der Waals surface area contributed by atoms with Crippen molar-refractivity contribution in [2.45, 2.75) is 18.3 Å². The standard InChI is InChI=1S/C22H20BrFN2O3/c23-16-5-3-4-15(12-16)22(8-10-28-11-9-22)14-25-21(27)19-13-20(29-26-19)17-6-1-2-7-18(17)24/h1-7,12-13H,8-11,14H2,(H,25,27). The molecule has 7 heteroatoms. The highest BCUT2D eigenvalue weighted by atomic mass is 79.9. The van der Waals surface area contributed by atoms with E-state index in [9.17, 15) is 9.18 Å². The molecule has 29 heavy (non-hydrogen) atoms. The molecule has 0 spiro atoms. The van der Waals surface area contributed by atoms with Crippen LogP contribution in [0.25, 0.3) is 11.3 Å². The van der Waals surface area contributed by atoms with Crippen molar-refractivity contribution in [2.24, 2.45) is 0 Å². The summed E-state index contributed by atoms with van der Waals surface area (Å²) in [4.78, 5) is 12.7. The summed E-state index contributed by atoms with van der Waals surface area (Å²) in [7, 11) is 0. The van der Waals surface area contributed by atoms with Crippen molar-refractivity contribution in [1.29, 1.82) is 0 Å². The molecule has 1 N–H and O–H groups in total. The molecule has 0 aliphatic carbocycles. The Labute approximate surface area is 176 Å². The lowest BCUT2D eigenvalue weighted by molar-refractivity contribution is 0.0486. The van der Waals surface area contributed by atoms with Crippen molar-refractivity contribution in [1.82, 2.24) is 10.5 Å². The first kappa shape index (κ1) is 19.8. The minimum absolute atomic E-state index is 0.125. The number of hydrogen-bond acceptors (Lipinski definition) is 4. The number of ether oxygens (including phenoxy) is 1. The van der Waals surface area contributed by atoms with Gasteiger partial charge in [0.1, 0.15) is 5.82 Å². The van der Waals surface area contributed by atoms with Gasteiger partial charge in [-0.1, -0.05) is 45.4 Å². The van der Waals surface area contributed by atoms with Gasteiger partial charge < -0.3 is 14.6 Å². The van der Waals surface area contributed by atoms with Gasteiger partial charge in [-0.05, 0) is 42.7 Å². The smallest absolute Gasteiger partial charge is 0.273 e. The van der Waals surface area contributed by atoms with Crippen LogP contribution in [0.2, 0.25) is 0 Å². The summed E-state index contributed by atoms with van der Waals surface area (Å²) in [6, 6.07) is 15.8. The molecule has 1 amide bonds. The second-order valence-electron chi connectivity index (χ2n) is 7.14. The van der Waals surface area contributed by atoms with E-state index >= 15 is 0 Å². The van der Waals surface area contributed by atoms with Crippen molar-refractivity contribution in [3.8, 4) is 11.3 Å². The summed E-state index contributed by atoms with van der Waals surface area (Å²) in [6.45, 7) is 1.74. The molecule has 1 saturated heterocycles. The van der Waals surface area contributed by atoms with Gasteiger partial charge in [0.05, 0.1) is 5.56 Å². The molecule has 150 valence electrons. The fourth-order valence-corrected chi connectivity index (χ4v) is 4.06. The van der Waals surface area contributed by atoms with Crippen molar-refractivity contribution < 1.29 is 18.4 Å². The number of amides is 1. The van der Waals surface area contributed by atoms with Crippen molar-refractivity contribution in [3.63, 3.8) is 0 Å². The molecule has 3 aromatic rings. The topological polar surface area (TPSA) is 64.4 Å². The number of hydrogen-bond donors (Lipinski definition) is 1. The summed E-state index contributed by atoms with van der Waals surface area (Å²) >= 11 is 3.53. The van der Waals surface area contributed by atoms with Crippen LogP contribution in [0.3, 0.4) is 0 Å². The number of halogens is 2. The molecule has 0 radical (unpaired) electrons. The summed E-state index contributed by atoms with van der Waals surface area (Å²) in [5.74, 6) is -0.551. The molecule has 0 saturated carbocycles. The van der Waals surface area contributed by atoms with Crippen molar-refractivity contribution in [3.05, 3.63) is 76.1 Å². The highest BCUT2D eigenvalue weighted by molar-refractivity contribution is 9.10. The normalized spacial score (nSPS) is 15.8. The average Bonchev–Trinajstić information content (AvgIpc) is 3.23. The zero-order valence-corrected chi connectivity index (χ0v) is 17.2. The van der Waals surface area contributed by atoms with Gasteiger partial charge in [0, 0.05) is 35.7 Å². The summed E-state index contributed by atoms with van der Waals surface area (Å²) in [5.41, 5.74) is 1.34. The number of benzene rings is 2. The Hall–Kier alpha value is -2.51. The second kappa shape index (κ2) is 8.47. The first-order valence-electron chi connectivity index (χ1n) is 9.41. The van der Waals surface area contributed by atoms with Crippen molar-refractivity contribution >= 4 is 21.8 Å². The molecule has 2 aromatic carbocycles. The number of carbonyl (C=O) groups is 1. The van der Waals surface area contributed by atoms with E-state index in [1.165, 1.54) is 12.1 Å². The Morgan fingerprint density at radius 2 is 1.93 bits per heavy atom. The van der Waals surface area contributed by atoms with E-state index < -0.39 is 5.82 Å². The van der Waals surface area contributed by atoms with Crippen LogP contribution in [0.5, 0.6) is 0 Å². The lowest BCUT2D eigenvalue weighted by Gasteiger charge is -2.38. The van der Waals surface area contributed by atoms with Gasteiger partial charge in [-0.3, -0.25) is 4.79 Å². The van der Waals surface area contributed by atoms with E-state index in [1.807, 2.05) is 12.1 Å². The lowest BCUT2D eigenvalue weighted by atomic mass is 9.74. The maximum atomic E-state index is 13.9. The first-order valence-corrected chi connectivity index (χ1v) is 10.2. The second-order valence-corrected chi connectivity index (χ2v) is 8.06. The number of aromatic nitrogens is 1. The van der Waals surface area contributed by atoms with Gasteiger partial charge in [-0.25, -0.2) is 4.39 Å². The van der Waals surface area contributed by atoms with Gasteiger partial charge in [-0.2, -0.15) is 0 Å². The van der Waals surface area contributed by atoms with E-state index in [4.69, 9.17) is 9.26 Å². The van der Waals surface area contributed by atoms with Crippen LogP contribution in [0.4, 0.5) is 4.39 Å². The third kappa shape index (κ3) is 4.26. The summed E-state index contributed by atoms with van der Waals surface area (Å²) in [6.07, 6.45) is 1.62. The van der Waals surface area contributed by atoms with Crippen LogP contribution >= 0.6 is 15.9 Å². The number of nitrogens with one attached hydrogen (secondary N) is 1. The molecular formula is C22H20BrFN2O3.